The minimum Gasteiger partial charge on any atom is -0.338 e. The Labute approximate surface area is 113 Å². The molecule has 0 aromatic rings. The van der Waals surface area contributed by atoms with E-state index in [0.29, 0.717) is 11.9 Å². The zero-order chi connectivity index (χ0) is 12.3. The predicted molar refractivity (Wildman–Crippen MR) is 74.3 cm³/mol. The fourth-order valence-electron chi connectivity index (χ4n) is 3.51. The summed E-state index contributed by atoms with van der Waals surface area (Å²) < 4.78 is 0. The number of rotatable bonds is 3. The molecule has 3 heteroatoms. The zero-order valence-electron chi connectivity index (χ0n) is 10.8. The van der Waals surface area contributed by atoms with Crippen molar-refractivity contribution in [3.8, 4) is 0 Å². The summed E-state index contributed by atoms with van der Waals surface area (Å²) in [6, 6.07) is 0.503. The van der Waals surface area contributed by atoms with Crippen LogP contribution in [-0.4, -0.2) is 28.2 Å². The highest BCUT2D eigenvalue weighted by atomic mass is 79.9. The first-order chi connectivity index (χ1) is 8.24. The van der Waals surface area contributed by atoms with Gasteiger partial charge in [0.1, 0.15) is 0 Å². The van der Waals surface area contributed by atoms with Gasteiger partial charge in [0.15, 0.2) is 0 Å². The Kier molecular flexibility index (Phi) is 4.89. The molecule has 2 aliphatic rings. The van der Waals surface area contributed by atoms with Gasteiger partial charge in [0.25, 0.3) is 0 Å². The van der Waals surface area contributed by atoms with Gasteiger partial charge in [-0.25, -0.2) is 0 Å². The second kappa shape index (κ2) is 6.21. The largest absolute Gasteiger partial charge is 0.338 e. The molecular weight excluding hydrogens is 278 g/mol. The molecular formula is C14H24BrNO. The van der Waals surface area contributed by atoms with Crippen molar-refractivity contribution < 1.29 is 4.79 Å². The van der Waals surface area contributed by atoms with Gasteiger partial charge in [0, 0.05) is 12.6 Å². The van der Waals surface area contributed by atoms with Crippen molar-refractivity contribution in [1.82, 2.24) is 4.90 Å². The van der Waals surface area contributed by atoms with Crippen LogP contribution in [-0.2, 0) is 4.79 Å². The molecule has 1 amide bonds. The SMILES string of the molecule is CCC(C1CCCCC1)N1CCCC(Br)C1=O. The molecule has 0 N–H and O–H groups in total. The van der Waals surface area contributed by atoms with E-state index < -0.39 is 0 Å². The van der Waals surface area contributed by atoms with Gasteiger partial charge in [-0.05, 0) is 38.0 Å². The van der Waals surface area contributed by atoms with Crippen LogP contribution >= 0.6 is 15.9 Å². The lowest BCUT2D eigenvalue weighted by Gasteiger charge is -2.41. The molecule has 0 aromatic heterocycles. The summed E-state index contributed by atoms with van der Waals surface area (Å²) in [5.41, 5.74) is 0. The highest BCUT2D eigenvalue weighted by Crippen LogP contribution is 2.33. The number of amides is 1. The maximum absolute atomic E-state index is 12.2. The second-order valence-electron chi connectivity index (χ2n) is 5.52. The maximum atomic E-state index is 12.2. The van der Waals surface area contributed by atoms with Crippen LogP contribution in [0.25, 0.3) is 0 Å². The molecule has 1 heterocycles. The van der Waals surface area contributed by atoms with Crippen LogP contribution in [0.2, 0.25) is 0 Å². The Hall–Kier alpha value is -0.0500. The van der Waals surface area contributed by atoms with Gasteiger partial charge in [0.05, 0.1) is 4.83 Å². The summed E-state index contributed by atoms with van der Waals surface area (Å²) in [5.74, 6) is 1.10. The summed E-state index contributed by atoms with van der Waals surface area (Å²) in [6.07, 6.45) is 10.1. The van der Waals surface area contributed by atoms with E-state index in [4.69, 9.17) is 0 Å². The standard InChI is InChI=1S/C14H24BrNO/c1-2-13(11-7-4-3-5-8-11)16-10-6-9-12(15)14(16)17/h11-13H,2-10H2,1H3. The molecule has 0 bridgehead atoms. The Balaban J connectivity index is 2.03. The van der Waals surface area contributed by atoms with Crippen LogP contribution in [0.15, 0.2) is 0 Å². The molecule has 1 saturated carbocycles. The Bertz CT molecular complexity index is 263. The van der Waals surface area contributed by atoms with E-state index in [-0.39, 0.29) is 4.83 Å². The number of carbonyl (C=O) groups excluding carboxylic acids is 1. The quantitative estimate of drug-likeness (QED) is 0.727. The van der Waals surface area contributed by atoms with Crippen LogP contribution in [0, 0.1) is 5.92 Å². The third-order valence-electron chi connectivity index (χ3n) is 4.42. The molecule has 1 saturated heterocycles. The predicted octanol–water partition coefficient (Wildman–Crippen LogP) is 3.73. The topological polar surface area (TPSA) is 20.3 Å². The highest BCUT2D eigenvalue weighted by molar-refractivity contribution is 9.10. The Morgan fingerprint density at radius 1 is 1.24 bits per heavy atom. The van der Waals surface area contributed by atoms with Crippen molar-refractivity contribution in [2.75, 3.05) is 6.54 Å². The number of piperidine rings is 1. The van der Waals surface area contributed by atoms with Crippen molar-refractivity contribution in [3.05, 3.63) is 0 Å². The Morgan fingerprint density at radius 3 is 2.59 bits per heavy atom. The van der Waals surface area contributed by atoms with Crippen LogP contribution in [0.4, 0.5) is 0 Å². The van der Waals surface area contributed by atoms with Crippen LogP contribution in [0.5, 0.6) is 0 Å². The second-order valence-corrected chi connectivity index (χ2v) is 6.62. The van der Waals surface area contributed by atoms with Gasteiger partial charge in [-0.1, -0.05) is 42.1 Å². The van der Waals surface area contributed by atoms with Crippen molar-refractivity contribution in [2.24, 2.45) is 5.92 Å². The van der Waals surface area contributed by atoms with E-state index in [9.17, 15) is 4.79 Å². The van der Waals surface area contributed by atoms with Crippen molar-refractivity contribution in [3.63, 3.8) is 0 Å². The summed E-state index contributed by atoms with van der Waals surface area (Å²) in [5, 5.41) is 0. The smallest absolute Gasteiger partial charge is 0.236 e. The highest BCUT2D eigenvalue weighted by Gasteiger charge is 2.34. The van der Waals surface area contributed by atoms with E-state index >= 15 is 0 Å². The molecule has 17 heavy (non-hydrogen) atoms. The van der Waals surface area contributed by atoms with Crippen LogP contribution in [0.1, 0.15) is 58.3 Å². The monoisotopic (exact) mass is 301 g/mol. The number of likely N-dealkylation sites (tertiary alicyclic amines) is 1. The average Bonchev–Trinajstić information content (AvgIpc) is 2.37. The molecule has 1 aliphatic heterocycles. The number of halogens is 1. The van der Waals surface area contributed by atoms with Gasteiger partial charge >= 0.3 is 0 Å². The van der Waals surface area contributed by atoms with E-state index in [1.165, 1.54) is 32.1 Å². The fourth-order valence-corrected chi connectivity index (χ4v) is 4.10. The Morgan fingerprint density at radius 2 is 1.94 bits per heavy atom. The van der Waals surface area contributed by atoms with E-state index in [1.54, 1.807) is 0 Å². The number of carbonyl (C=O) groups is 1. The first-order valence-electron chi connectivity index (χ1n) is 7.18. The first-order valence-corrected chi connectivity index (χ1v) is 8.10. The number of hydrogen-bond donors (Lipinski definition) is 0. The molecule has 2 fully saturated rings. The number of alkyl halides is 1. The normalized spacial score (nSPS) is 29.4. The van der Waals surface area contributed by atoms with Gasteiger partial charge in [-0.2, -0.15) is 0 Å². The third-order valence-corrected chi connectivity index (χ3v) is 5.27. The van der Waals surface area contributed by atoms with Gasteiger partial charge < -0.3 is 4.90 Å². The molecule has 2 unspecified atom stereocenters. The van der Waals surface area contributed by atoms with Gasteiger partial charge in [-0.3, -0.25) is 4.79 Å². The molecule has 1 aliphatic carbocycles. The van der Waals surface area contributed by atoms with E-state index in [2.05, 4.69) is 27.8 Å². The van der Waals surface area contributed by atoms with Gasteiger partial charge in [-0.15, -0.1) is 0 Å². The maximum Gasteiger partial charge on any atom is 0.236 e. The molecule has 98 valence electrons. The zero-order valence-corrected chi connectivity index (χ0v) is 12.4. The van der Waals surface area contributed by atoms with Crippen molar-refractivity contribution >= 4 is 21.8 Å². The minimum atomic E-state index is 0.0777. The number of hydrogen-bond acceptors (Lipinski definition) is 1. The number of nitrogens with zero attached hydrogens (tertiary/aromatic N) is 1. The summed E-state index contributed by atoms with van der Waals surface area (Å²) in [6.45, 7) is 3.22. The molecule has 2 atom stereocenters. The van der Waals surface area contributed by atoms with Crippen LogP contribution in [0.3, 0.4) is 0 Å². The minimum absolute atomic E-state index is 0.0777. The third kappa shape index (κ3) is 3.04. The average molecular weight is 302 g/mol. The lowest BCUT2D eigenvalue weighted by Crippen LogP contribution is -2.50. The van der Waals surface area contributed by atoms with E-state index in [0.717, 1.165) is 31.7 Å². The lowest BCUT2D eigenvalue weighted by molar-refractivity contribution is -0.136. The summed E-state index contributed by atoms with van der Waals surface area (Å²) in [7, 11) is 0. The van der Waals surface area contributed by atoms with Gasteiger partial charge in [0.2, 0.25) is 5.91 Å². The summed E-state index contributed by atoms with van der Waals surface area (Å²) in [4.78, 5) is 14.5. The lowest BCUT2D eigenvalue weighted by atomic mass is 9.81. The summed E-state index contributed by atoms with van der Waals surface area (Å²) >= 11 is 3.52. The first kappa shape index (κ1) is 13.4. The van der Waals surface area contributed by atoms with E-state index in [1.807, 2.05) is 0 Å². The molecule has 0 radical (unpaired) electrons. The molecule has 2 rings (SSSR count). The molecule has 2 nitrogen and oxygen atoms in total. The van der Waals surface area contributed by atoms with Crippen molar-refractivity contribution in [1.29, 1.82) is 0 Å². The fraction of sp³-hybridized carbons (Fsp3) is 0.929. The molecule has 0 aromatic carbocycles. The van der Waals surface area contributed by atoms with Crippen LogP contribution < -0.4 is 0 Å². The van der Waals surface area contributed by atoms with Crippen molar-refractivity contribution in [2.45, 2.75) is 69.2 Å². The molecule has 0 spiro atoms.